The zero-order valence-electron chi connectivity index (χ0n) is 7.85. The van der Waals surface area contributed by atoms with E-state index in [1.54, 1.807) is 12.1 Å². The number of halogens is 2. The van der Waals surface area contributed by atoms with Gasteiger partial charge in [0.05, 0.1) is 11.1 Å². The molecule has 1 aromatic rings. The Bertz CT molecular complexity index is 357. The molecule has 74 valence electrons. The lowest BCUT2D eigenvalue weighted by Crippen LogP contribution is -2.19. The van der Waals surface area contributed by atoms with Crippen LogP contribution in [0, 0.1) is 18.2 Å². The average Bonchev–Trinajstić information content (AvgIpc) is 2.19. The maximum Gasteiger partial charge on any atom is 0.141 e. The van der Waals surface area contributed by atoms with E-state index in [2.05, 4.69) is 11.2 Å². The first kappa shape index (κ1) is 11.0. The lowest BCUT2D eigenvalue weighted by Gasteiger charge is -2.11. The SMILES string of the molecule is C#CC(NCC)c1ccc(F)c(Cl)c1. The van der Waals surface area contributed by atoms with Crippen LogP contribution in [0.25, 0.3) is 0 Å². The van der Waals surface area contributed by atoms with E-state index >= 15 is 0 Å². The standard InChI is InChI=1S/C11H11ClFN/c1-3-11(14-4-2)8-5-6-10(13)9(12)7-8/h1,5-7,11,14H,4H2,2H3. The van der Waals surface area contributed by atoms with Crippen LogP contribution < -0.4 is 5.32 Å². The summed E-state index contributed by atoms with van der Waals surface area (Å²) in [6.07, 6.45) is 5.33. The third-order valence-electron chi connectivity index (χ3n) is 1.85. The van der Waals surface area contributed by atoms with Gasteiger partial charge in [-0.2, -0.15) is 0 Å². The van der Waals surface area contributed by atoms with Crippen LogP contribution in [0.1, 0.15) is 18.5 Å². The van der Waals surface area contributed by atoms with E-state index in [-0.39, 0.29) is 11.1 Å². The Hall–Kier alpha value is -1.04. The molecular formula is C11H11ClFN. The number of hydrogen-bond acceptors (Lipinski definition) is 1. The van der Waals surface area contributed by atoms with E-state index in [0.29, 0.717) is 0 Å². The van der Waals surface area contributed by atoms with Gasteiger partial charge in [0.1, 0.15) is 5.82 Å². The smallest absolute Gasteiger partial charge is 0.141 e. The van der Waals surface area contributed by atoms with E-state index in [1.165, 1.54) is 6.07 Å². The third kappa shape index (κ3) is 2.47. The van der Waals surface area contributed by atoms with Gasteiger partial charge in [0.15, 0.2) is 0 Å². The lowest BCUT2D eigenvalue weighted by molar-refractivity contribution is 0.622. The fraction of sp³-hybridized carbons (Fsp3) is 0.273. The minimum Gasteiger partial charge on any atom is -0.300 e. The van der Waals surface area contributed by atoms with E-state index in [1.807, 2.05) is 6.92 Å². The Morgan fingerprint density at radius 3 is 2.86 bits per heavy atom. The summed E-state index contributed by atoms with van der Waals surface area (Å²) in [6.45, 7) is 2.71. The highest BCUT2D eigenvalue weighted by Gasteiger charge is 2.08. The molecule has 1 nitrogen and oxygen atoms in total. The molecule has 0 aromatic heterocycles. The van der Waals surface area contributed by atoms with Crippen LogP contribution in [0.2, 0.25) is 5.02 Å². The predicted octanol–water partition coefficient (Wildman–Crippen LogP) is 2.76. The lowest BCUT2D eigenvalue weighted by atomic mass is 10.1. The van der Waals surface area contributed by atoms with Gasteiger partial charge in [0.2, 0.25) is 0 Å². The summed E-state index contributed by atoms with van der Waals surface area (Å²) >= 11 is 5.64. The van der Waals surface area contributed by atoms with E-state index in [4.69, 9.17) is 18.0 Å². The van der Waals surface area contributed by atoms with Gasteiger partial charge in [-0.15, -0.1) is 6.42 Å². The molecule has 1 atom stereocenters. The first-order valence-electron chi connectivity index (χ1n) is 4.33. The summed E-state index contributed by atoms with van der Waals surface area (Å²) in [4.78, 5) is 0. The van der Waals surface area contributed by atoms with E-state index < -0.39 is 5.82 Å². The van der Waals surface area contributed by atoms with Crippen molar-refractivity contribution < 1.29 is 4.39 Å². The van der Waals surface area contributed by atoms with Gasteiger partial charge in [-0.1, -0.05) is 30.5 Å². The summed E-state index contributed by atoms with van der Waals surface area (Å²) < 4.78 is 12.8. The molecule has 1 aromatic carbocycles. The van der Waals surface area contributed by atoms with Crippen molar-refractivity contribution in [1.29, 1.82) is 0 Å². The van der Waals surface area contributed by atoms with Gasteiger partial charge >= 0.3 is 0 Å². The Kier molecular flexibility index (Phi) is 3.94. The topological polar surface area (TPSA) is 12.0 Å². The highest BCUT2D eigenvalue weighted by molar-refractivity contribution is 6.30. The van der Waals surface area contributed by atoms with E-state index in [0.717, 1.165) is 12.1 Å². The molecule has 14 heavy (non-hydrogen) atoms. The van der Waals surface area contributed by atoms with Crippen molar-refractivity contribution in [2.75, 3.05) is 6.54 Å². The minimum absolute atomic E-state index is 0.0978. The van der Waals surface area contributed by atoms with Crippen molar-refractivity contribution in [2.45, 2.75) is 13.0 Å². The fourth-order valence-corrected chi connectivity index (χ4v) is 1.36. The molecule has 0 saturated heterocycles. The van der Waals surface area contributed by atoms with Gasteiger partial charge < -0.3 is 5.32 Å². The first-order valence-corrected chi connectivity index (χ1v) is 4.71. The molecule has 1 rings (SSSR count). The van der Waals surface area contributed by atoms with Crippen LogP contribution in [0.4, 0.5) is 4.39 Å². The molecule has 1 N–H and O–H groups in total. The van der Waals surface area contributed by atoms with Crippen molar-refractivity contribution >= 4 is 11.6 Å². The molecule has 0 saturated carbocycles. The Morgan fingerprint density at radius 1 is 1.64 bits per heavy atom. The van der Waals surface area contributed by atoms with Crippen LogP contribution >= 0.6 is 11.6 Å². The monoisotopic (exact) mass is 211 g/mol. The molecule has 0 aliphatic rings. The highest BCUT2D eigenvalue weighted by Crippen LogP contribution is 2.20. The van der Waals surface area contributed by atoms with Crippen molar-refractivity contribution in [3.63, 3.8) is 0 Å². The molecule has 0 radical (unpaired) electrons. The molecular weight excluding hydrogens is 201 g/mol. The van der Waals surface area contributed by atoms with Crippen molar-refractivity contribution in [3.8, 4) is 12.3 Å². The summed E-state index contributed by atoms with van der Waals surface area (Å²) in [5.41, 5.74) is 0.806. The molecule has 3 heteroatoms. The largest absolute Gasteiger partial charge is 0.300 e. The second kappa shape index (κ2) is 4.99. The zero-order valence-corrected chi connectivity index (χ0v) is 8.61. The van der Waals surface area contributed by atoms with Crippen LogP contribution in [-0.2, 0) is 0 Å². The van der Waals surface area contributed by atoms with Crippen molar-refractivity contribution in [2.24, 2.45) is 0 Å². The van der Waals surface area contributed by atoms with Gasteiger partial charge in [0, 0.05) is 0 Å². The molecule has 0 spiro atoms. The summed E-state index contributed by atoms with van der Waals surface area (Å²) in [5, 5.41) is 3.18. The second-order valence-electron chi connectivity index (χ2n) is 2.83. The van der Waals surface area contributed by atoms with Crippen LogP contribution in [0.5, 0.6) is 0 Å². The quantitative estimate of drug-likeness (QED) is 0.759. The molecule has 0 amide bonds. The number of hydrogen-bond donors (Lipinski definition) is 1. The Balaban J connectivity index is 2.95. The van der Waals surface area contributed by atoms with Gasteiger partial charge in [0.25, 0.3) is 0 Å². The van der Waals surface area contributed by atoms with Gasteiger partial charge in [-0.05, 0) is 24.2 Å². The Morgan fingerprint density at radius 2 is 2.36 bits per heavy atom. The molecule has 0 bridgehead atoms. The highest BCUT2D eigenvalue weighted by atomic mass is 35.5. The summed E-state index contributed by atoms with van der Waals surface area (Å²) in [6, 6.07) is 4.29. The molecule has 0 heterocycles. The number of rotatable bonds is 3. The second-order valence-corrected chi connectivity index (χ2v) is 3.24. The number of nitrogens with one attached hydrogen (secondary N) is 1. The normalized spacial score (nSPS) is 12.1. The Labute approximate surface area is 88.3 Å². The molecule has 0 aliphatic carbocycles. The predicted molar refractivity (Wildman–Crippen MR) is 56.7 cm³/mol. The minimum atomic E-state index is -0.428. The van der Waals surface area contributed by atoms with Gasteiger partial charge in [-0.25, -0.2) is 4.39 Å². The van der Waals surface area contributed by atoms with E-state index in [9.17, 15) is 4.39 Å². The van der Waals surface area contributed by atoms with Crippen LogP contribution in [-0.4, -0.2) is 6.54 Å². The number of benzene rings is 1. The van der Waals surface area contributed by atoms with Crippen LogP contribution in [0.15, 0.2) is 18.2 Å². The summed E-state index contributed by atoms with van der Waals surface area (Å²) in [7, 11) is 0. The first-order chi connectivity index (χ1) is 6.69. The average molecular weight is 212 g/mol. The molecule has 0 aliphatic heterocycles. The fourth-order valence-electron chi connectivity index (χ4n) is 1.17. The third-order valence-corrected chi connectivity index (χ3v) is 2.14. The molecule has 0 fully saturated rings. The zero-order chi connectivity index (χ0) is 10.6. The molecule has 1 unspecified atom stereocenters. The number of terminal acetylenes is 1. The maximum atomic E-state index is 12.8. The van der Waals surface area contributed by atoms with Crippen molar-refractivity contribution in [1.82, 2.24) is 5.32 Å². The van der Waals surface area contributed by atoms with Gasteiger partial charge in [-0.3, -0.25) is 0 Å². The van der Waals surface area contributed by atoms with Crippen LogP contribution in [0.3, 0.4) is 0 Å². The summed E-state index contributed by atoms with van der Waals surface area (Å²) in [5.74, 6) is 2.15. The van der Waals surface area contributed by atoms with Crippen molar-refractivity contribution in [3.05, 3.63) is 34.6 Å². The maximum absolute atomic E-state index is 12.8.